The van der Waals surface area contributed by atoms with Crippen LogP contribution in [0.4, 0.5) is 0 Å². The summed E-state index contributed by atoms with van der Waals surface area (Å²) < 4.78 is 5.49. The Kier molecular flexibility index (Phi) is 4.46. The van der Waals surface area contributed by atoms with Crippen LogP contribution in [-0.2, 0) is 6.42 Å². The summed E-state index contributed by atoms with van der Waals surface area (Å²) in [5, 5.41) is 8.38. The SMILES string of the molecule is CCCc1noc2nc(C3CC3)cc(C(=O)N(C)C3CCNCC3)c12. The second-order valence-electron chi connectivity index (χ2n) is 7.33. The van der Waals surface area contributed by atoms with E-state index in [4.69, 9.17) is 4.52 Å². The Morgan fingerprint density at radius 1 is 1.32 bits per heavy atom. The van der Waals surface area contributed by atoms with Crippen LogP contribution in [0.5, 0.6) is 0 Å². The molecule has 0 radical (unpaired) electrons. The Morgan fingerprint density at radius 3 is 2.76 bits per heavy atom. The quantitative estimate of drug-likeness (QED) is 0.905. The molecule has 1 saturated carbocycles. The summed E-state index contributed by atoms with van der Waals surface area (Å²) in [6.07, 6.45) is 6.05. The van der Waals surface area contributed by atoms with E-state index in [1.54, 1.807) is 0 Å². The number of aromatic nitrogens is 2. The molecule has 25 heavy (non-hydrogen) atoms. The molecule has 2 aromatic rings. The minimum absolute atomic E-state index is 0.0711. The summed E-state index contributed by atoms with van der Waals surface area (Å²) in [6, 6.07) is 2.28. The molecule has 0 atom stereocenters. The predicted octanol–water partition coefficient (Wildman–Crippen LogP) is 2.88. The largest absolute Gasteiger partial charge is 0.339 e. The van der Waals surface area contributed by atoms with Crippen molar-refractivity contribution < 1.29 is 9.32 Å². The second kappa shape index (κ2) is 6.75. The van der Waals surface area contributed by atoms with E-state index in [9.17, 15) is 4.79 Å². The topological polar surface area (TPSA) is 71.3 Å². The predicted molar refractivity (Wildman–Crippen MR) is 95.8 cm³/mol. The zero-order valence-corrected chi connectivity index (χ0v) is 15.0. The maximum absolute atomic E-state index is 13.3. The van der Waals surface area contributed by atoms with E-state index in [0.29, 0.717) is 11.6 Å². The number of carbonyl (C=O) groups excluding carboxylic acids is 1. The average Bonchev–Trinajstić information content (AvgIpc) is 3.43. The van der Waals surface area contributed by atoms with E-state index in [1.807, 2.05) is 18.0 Å². The highest BCUT2D eigenvalue weighted by atomic mass is 16.5. The van der Waals surface area contributed by atoms with Crippen LogP contribution in [0.3, 0.4) is 0 Å². The average molecular weight is 342 g/mol. The standard InChI is InChI=1S/C19H26N4O2/c1-3-4-15-17-14(19(24)23(2)13-7-9-20-10-8-13)11-16(12-5-6-12)21-18(17)25-22-15/h11-13,20H,3-10H2,1-2H3. The lowest BCUT2D eigenvalue weighted by Gasteiger charge is -2.31. The summed E-state index contributed by atoms with van der Waals surface area (Å²) in [5.74, 6) is 0.543. The van der Waals surface area contributed by atoms with Gasteiger partial charge in [-0.2, -0.15) is 0 Å². The molecule has 2 fully saturated rings. The van der Waals surface area contributed by atoms with Crippen molar-refractivity contribution in [2.45, 2.75) is 57.4 Å². The highest BCUT2D eigenvalue weighted by Crippen LogP contribution is 2.40. The number of rotatable bonds is 5. The van der Waals surface area contributed by atoms with Crippen LogP contribution in [0.2, 0.25) is 0 Å². The Morgan fingerprint density at radius 2 is 2.08 bits per heavy atom. The number of aryl methyl sites for hydroxylation is 1. The fourth-order valence-electron chi connectivity index (χ4n) is 3.74. The van der Waals surface area contributed by atoms with Crippen molar-refractivity contribution in [1.29, 1.82) is 0 Å². The first-order chi connectivity index (χ1) is 12.2. The van der Waals surface area contributed by atoms with Crippen LogP contribution >= 0.6 is 0 Å². The van der Waals surface area contributed by atoms with Gasteiger partial charge in [0.1, 0.15) is 0 Å². The summed E-state index contributed by atoms with van der Waals surface area (Å²) in [5.41, 5.74) is 3.08. The molecular weight excluding hydrogens is 316 g/mol. The molecule has 134 valence electrons. The summed E-state index contributed by atoms with van der Waals surface area (Å²) in [4.78, 5) is 19.9. The van der Waals surface area contributed by atoms with Gasteiger partial charge in [0.25, 0.3) is 11.6 Å². The third-order valence-corrected chi connectivity index (χ3v) is 5.43. The molecule has 0 spiro atoms. The Balaban J connectivity index is 1.74. The van der Waals surface area contributed by atoms with Crippen LogP contribution in [0, 0.1) is 0 Å². The third kappa shape index (κ3) is 3.15. The van der Waals surface area contributed by atoms with E-state index in [-0.39, 0.29) is 11.9 Å². The van der Waals surface area contributed by atoms with Gasteiger partial charge >= 0.3 is 0 Å². The molecule has 1 aliphatic heterocycles. The van der Waals surface area contributed by atoms with Gasteiger partial charge in [-0.05, 0) is 51.3 Å². The number of pyridine rings is 1. The number of hydrogen-bond acceptors (Lipinski definition) is 5. The zero-order valence-electron chi connectivity index (χ0n) is 15.0. The summed E-state index contributed by atoms with van der Waals surface area (Å²) >= 11 is 0. The minimum atomic E-state index is 0.0711. The number of hydrogen-bond donors (Lipinski definition) is 1. The number of nitrogens with zero attached hydrogens (tertiary/aromatic N) is 3. The molecule has 2 aromatic heterocycles. The van der Waals surface area contributed by atoms with Crippen molar-refractivity contribution in [3.63, 3.8) is 0 Å². The minimum Gasteiger partial charge on any atom is -0.339 e. The van der Waals surface area contributed by atoms with Crippen LogP contribution in [0.25, 0.3) is 11.1 Å². The normalized spacial score (nSPS) is 18.6. The van der Waals surface area contributed by atoms with Gasteiger partial charge in [-0.25, -0.2) is 4.98 Å². The summed E-state index contributed by atoms with van der Waals surface area (Å²) in [7, 11) is 1.92. The first kappa shape index (κ1) is 16.5. The van der Waals surface area contributed by atoms with Gasteiger partial charge in [0.05, 0.1) is 16.6 Å². The van der Waals surface area contributed by atoms with Crippen LogP contribution in [0.1, 0.15) is 66.7 Å². The molecule has 0 bridgehead atoms. The molecule has 2 aliphatic rings. The first-order valence-corrected chi connectivity index (χ1v) is 9.46. The smallest absolute Gasteiger partial charge is 0.259 e. The van der Waals surface area contributed by atoms with Crippen molar-refractivity contribution in [3.05, 3.63) is 23.0 Å². The molecule has 0 aromatic carbocycles. The van der Waals surface area contributed by atoms with Crippen molar-refractivity contribution in [2.24, 2.45) is 0 Å². The molecule has 1 aliphatic carbocycles. The molecule has 6 nitrogen and oxygen atoms in total. The van der Waals surface area contributed by atoms with Gasteiger partial charge in [-0.15, -0.1) is 0 Å². The van der Waals surface area contributed by atoms with Gasteiger partial charge in [0.2, 0.25) is 0 Å². The van der Waals surface area contributed by atoms with Gasteiger partial charge in [-0.1, -0.05) is 18.5 Å². The lowest BCUT2D eigenvalue weighted by atomic mass is 10.0. The second-order valence-corrected chi connectivity index (χ2v) is 7.33. The monoisotopic (exact) mass is 342 g/mol. The molecule has 1 N–H and O–H groups in total. The Bertz CT molecular complexity index is 775. The summed E-state index contributed by atoms with van der Waals surface area (Å²) in [6.45, 7) is 4.04. The lowest BCUT2D eigenvalue weighted by Crippen LogP contribution is -2.44. The van der Waals surface area contributed by atoms with E-state index < -0.39 is 0 Å². The molecule has 4 rings (SSSR count). The van der Waals surface area contributed by atoms with Crippen molar-refractivity contribution in [3.8, 4) is 0 Å². The third-order valence-electron chi connectivity index (χ3n) is 5.43. The van der Waals surface area contributed by atoms with E-state index in [1.165, 1.54) is 0 Å². The number of piperidine rings is 1. The molecule has 0 unspecified atom stereocenters. The first-order valence-electron chi connectivity index (χ1n) is 9.46. The molecule has 3 heterocycles. The van der Waals surface area contributed by atoms with Gasteiger partial charge < -0.3 is 14.7 Å². The van der Waals surface area contributed by atoms with E-state index in [0.717, 1.165) is 74.0 Å². The van der Waals surface area contributed by atoms with Gasteiger partial charge in [0, 0.05) is 24.7 Å². The number of carbonyl (C=O) groups is 1. The van der Waals surface area contributed by atoms with Crippen molar-refractivity contribution >= 4 is 17.0 Å². The van der Waals surface area contributed by atoms with Crippen LogP contribution in [-0.4, -0.2) is 47.1 Å². The number of fused-ring (bicyclic) bond motifs is 1. The number of amides is 1. The fraction of sp³-hybridized carbons (Fsp3) is 0.632. The molecule has 1 amide bonds. The van der Waals surface area contributed by atoms with E-state index in [2.05, 4.69) is 22.4 Å². The van der Waals surface area contributed by atoms with Gasteiger partial charge in [-0.3, -0.25) is 4.79 Å². The highest BCUT2D eigenvalue weighted by molar-refractivity contribution is 6.06. The Hall–Kier alpha value is -1.95. The van der Waals surface area contributed by atoms with Crippen molar-refractivity contribution in [1.82, 2.24) is 20.4 Å². The molecule has 1 saturated heterocycles. The van der Waals surface area contributed by atoms with E-state index >= 15 is 0 Å². The lowest BCUT2D eigenvalue weighted by molar-refractivity contribution is 0.0705. The van der Waals surface area contributed by atoms with Crippen LogP contribution < -0.4 is 5.32 Å². The van der Waals surface area contributed by atoms with Crippen molar-refractivity contribution in [2.75, 3.05) is 20.1 Å². The highest BCUT2D eigenvalue weighted by Gasteiger charge is 2.31. The molecule has 6 heteroatoms. The fourth-order valence-corrected chi connectivity index (χ4v) is 3.74. The molecular formula is C19H26N4O2. The maximum Gasteiger partial charge on any atom is 0.259 e. The maximum atomic E-state index is 13.3. The zero-order chi connectivity index (χ0) is 17.4. The van der Waals surface area contributed by atoms with Crippen LogP contribution in [0.15, 0.2) is 10.6 Å². The van der Waals surface area contributed by atoms with Gasteiger partial charge in [0.15, 0.2) is 0 Å². The Labute approximate surface area is 148 Å². The number of nitrogens with one attached hydrogen (secondary N) is 1.